The lowest BCUT2D eigenvalue weighted by molar-refractivity contribution is -0.385. The van der Waals surface area contributed by atoms with Gasteiger partial charge in [0.2, 0.25) is 0 Å². The van der Waals surface area contributed by atoms with Crippen molar-refractivity contribution in [1.82, 2.24) is 0 Å². The summed E-state index contributed by atoms with van der Waals surface area (Å²) < 4.78 is 39.2. The van der Waals surface area contributed by atoms with Crippen molar-refractivity contribution in [3.05, 3.63) is 57.1 Å². The molecule has 1 N–H and O–H groups in total. The molecule has 2 rings (SSSR count). The van der Waals surface area contributed by atoms with Gasteiger partial charge in [0.05, 0.1) is 18.1 Å². The Morgan fingerprint density at radius 2 is 1.65 bits per heavy atom. The van der Waals surface area contributed by atoms with Crippen LogP contribution in [-0.2, 0) is 9.53 Å². The summed E-state index contributed by atoms with van der Waals surface area (Å²) in [6.07, 6.45) is 0. The molecule has 2 aromatic rings. The van der Waals surface area contributed by atoms with Gasteiger partial charge < -0.3 is 19.5 Å². The maximum absolute atomic E-state index is 12.6. The Morgan fingerprint density at radius 3 is 2.12 bits per heavy atom. The molecule has 11 heteroatoms. The van der Waals surface area contributed by atoms with Gasteiger partial charge in [-0.25, -0.2) is 4.79 Å². The molecule has 184 valence electrons. The van der Waals surface area contributed by atoms with Crippen molar-refractivity contribution in [3.63, 3.8) is 0 Å². The Morgan fingerprint density at radius 1 is 1.06 bits per heavy atom. The number of nitrogens with one attached hydrogen (secondary N) is 1. The van der Waals surface area contributed by atoms with Crippen LogP contribution in [0.2, 0.25) is 0 Å². The highest BCUT2D eigenvalue weighted by Crippen LogP contribution is 2.36. The summed E-state index contributed by atoms with van der Waals surface area (Å²) in [4.78, 5) is 35.5. The van der Waals surface area contributed by atoms with E-state index in [0.717, 1.165) is 24.3 Å². The van der Waals surface area contributed by atoms with Gasteiger partial charge in [0.25, 0.3) is 11.6 Å². The van der Waals surface area contributed by atoms with Gasteiger partial charge in [0.15, 0.2) is 18.1 Å². The predicted octanol–water partition coefficient (Wildman–Crippen LogP) is 5.25. The number of hydrogen-bond donors (Lipinski definition) is 1. The van der Waals surface area contributed by atoms with Gasteiger partial charge in [-0.15, -0.1) is 0 Å². The first kappa shape index (κ1) is 26.5. The van der Waals surface area contributed by atoms with Gasteiger partial charge in [-0.05, 0) is 23.0 Å². The van der Waals surface area contributed by atoms with Crippen LogP contribution < -0.4 is 14.8 Å². The average molecular weight is 480 g/mol. The molecular weight excluding hydrogens is 454 g/mol. The Balaban J connectivity index is 2.25. The summed E-state index contributed by atoms with van der Waals surface area (Å²) in [5, 5.41) is 14.1. The maximum Gasteiger partial charge on any atom is 0.387 e. The van der Waals surface area contributed by atoms with Crippen LogP contribution in [0.4, 0.5) is 20.2 Å². The molecule has 0 saturated carbocycles. The zero-order valence-corrected chi connectivity index (χ0v) is 19.4. The molecule has 0 unspecified atom stereocenters. The zero-order chi connectivity index (χ0) is 25.6. The molecule has 0 aromatic heterocycles. The van der Waals surface area contributed by atoms with E-state index in [4.69, 9.17) is 9.47 Å². The number of methoxy groups -OCH3 is 1. The van der Waals surface area contributed by atoms with Gasteiger partial charge in [0, 0.05) is 11.8 Å². The van der Waals surface area contributed by atoms with Gasteiger partial charge >= 0.3 is 12.6 Å². The van der Waals surface area contributed by atoms with Crippen molar-refractivity contribution in [2.24, 2.45) is 0 Å². The van der Waals surface area contributed by atoms with Gasteiger partial charge in [-0.1, -0.05) is 45.9 Å². The number of para-hydroxylation sites is 1. The molecule has 0 spiro atoms. The van der Waals surface area contributed by atoms with Crippen molar-refractivity contribution in [1.29, 1.82) is 0 Å². The monoisotopic (exact) mass is 480 g/mol. The fraction of sp³-hybridized carbons (Fsp3) is 0.391. The molecule has 0 saturated heterocycles. The number of anilines is 1. The highest BCUT2D eigenvalue weighted by Gasteiger charge is 2.27. The van der Waals surface area contributed by atoms with E-state index >= 15 is 0 Å². The summed E-state index contributed by atoms with van der Waals surface area (Å²) in [5.41, 5.74) is 1.01. The number of nitrogens with zero attached hydrogens (tertiary/aromatic N) is 1. The number of alkyl halides is 2. The quantitative estimate of drug-likeness (QED) is 0.280. The fourth-order valence-electron chi connectivity index (χ4n) is 3.29. The van der Waals surface area contributed by atoms with Crippen molar-refractivity contribution in [2.75, 3.05) is 19.0 Å². The van der Waals surface area contributed by atoms with Crippen LogP contribution in [0.3, 0.4) is 0 Å². The molecule has 0 bridgehead atoms. The van der Waals surface area contributed by atoms with Crippen molar-refractivity contribution < 1.29 is 37.5 Å². The lowest BCUT2D eigenvalue weighted by Gasteiger charge is -2.20. The van der Waals surface area contributed by atoms with Crippen LogP contribution in [0, 0.1) is 10.1 Å². The smallest absolute Gasteiger partial charge is 0.387 e. The number of nitro groups is 1. The van der Waals surface area contributed by atoms with E-state index < -0.39 is 47.0 Å². The normalized spacial score (nSPS) is 11.0. The molecule has 2 aromatic carbocycles. The van der Waals surface area contributed by atoms with E-state index in [9.17, 15) is 28.5 Å². The number of halogens is 2. The number of nitro benzene ring substituents is 1. The number of esters is 1. The second kappa shape index (κ2) is 11.4. The van der Waals surface area contributed by atoms with E-state index in [1.54, 1.807) is 0 Å². The number of carbonyl (C=O) groups is 2. The number of ether oxygens (including phenoxy) is 3. The van der Waals surface area contributed by atoms with Crippen LogP contribution in [-0.4, -0.2) is 37.1 Å². The van der Waals surface area contributed by atoms with Crippen LogP contribution in [0.25, 0.3) is 0 Å². The van der Waals surface area contributed by atoms with Gasteiger partial charge in [-0.3, -0.25) is 14.9 Å². The second-order valence-corrected chi connectivity index (χ2v) is 7.90. The predicted molar refractivity (Wildman–Crippen MR) is 120 cm³/mol. The van der Waals surface area contributed by atoms with Crippen LogP contribution in [0.5, 0.6) is 11.5 Å². The highest BCUT2D eigenvalue weighted by atomic mass is 19.3. The average Bonchev–Trinajstić information content (AvgIpc) is 2.76. The molecule has 1 amide bonds. The molecule has 0 aliphatic carbocycles. The van der Waals surface area contributed by atoms with E-state index in [0.29, 0.717) is 11.8 Å². The van der Waals surface area contributed by atoms with Crippen LogP contribution >= 0.6 is 0 Å². The Labute approximate surface area is 195 Å². The van der Waals surface area contributed by atoms with E-state index in [1.807, 2.05) is 45.9 Å². The third kappa shape index (κ3) is 6.40. The molecule has 0 heterocycles. The number of amides is 1. The van der Waals surface area contributed by atoms with E-state index in [1.165, 1.54) is 0 Å². The minimum absolute atomic E-state index is 0.112. The standard InChI is InChI=1S/C23H26F2N2O7/c1-12(2)14-7-6-8-15(13(3)4)21(14)26-20(28)11-33-22(29)16-9-18(32-5)19(34-23(24)25)10-17(16)27(30)31/h6-10,12-13,23H,11H2,1-5H3,(H,26,28). The van der Waals surface area contributed by atoms with Crippen molar-refractivity contribution in [3.8, 4) is 11.5 Å². The molecule has 0 aliphatic heterocycles. The van der Waals surface area contributed by atoms with Gasteiger partial charge in [-0.2, -0.15) is 8.78 Å². The fourth-order valence-corrected chi connectivity index (χ4v) is 3.29. The summed E-state index contributed by atoms with van der Waals surface area (Å²) in [6.45, 7) is 3.91. The number of carbonyl (C=O) groups excluding carboxylic acids is 2. The molecule has 9 nitrogen and oxygen atoms in total. The van der Waals surface area contributed by atoms with Crippen LogP contribution in [0.15, 0.2) is 30.3 Å². The van der Waals surface area contributed by atoms with E-state index in [2.05, 4.69) is 10.1 Å². The van der Waals surface area contributed by atoms with Crippen LogP contribution in [0.1, 0.15) is 61.0 Å². The van der Waals surface area contributed by atoms with Crippen molar-refractivity contribution in [2.45, 2.75) is 46.1 Å². The largest absolute Gasteiger partial charge is 0.493 e. The molecule has 0 radical (unpaired) electrons. The molecule has 0 atom stereocenters. The minimum Gasteiger partial charge on any atom is -0.493 e. The van der Waals surface area contributed by atoms with E-state index in [-0.39, 0.29) is 17.6 Å². The number of hydrogen-bond acceptors (Lipinski definition) is 7. The lowest BCUT2D eigenvalue weighted by Crippen LogP contribution is -2.23. The topological polar surface area (TPSA) is 117 Å². The molecule has 0 fully saturated rings. The first-order valence-electron chi connectivity index (χ1n) is 10.4. The minimum atomic E-state index is -3.26. The second-order valence-electron chi connectivity index (χ2n) is 7.90. The van der Waals surface area contributed by atoms with Gasteiger partial charge in [0.1, 0.15) is 5.56 Å². The highest BCUT2D eigenvalue weighted by molar-refractivity contribution is 5.98. The third-order valence-electron chi connectivity index (χ3n) is 4.89. The first-order valence-corrected chi connectivity index (χ1v) is 10.4. The summed E-state index contributed by atoms with van der Waals surface area (Å²) in [5.74, 6) is -2.58. The zero-order valence-electron chi connectivity index (χ0n) is 19.4. The molecule has 0 aliphatic rings. The first-order chi connectivity index (χ1) is 16.0. The number of rotatable bonds is 10. The summed E-state index contributed by atoms with van der Waals surface area (Å²) >= 11 is 0. The SMILES string of the molecule is COc1cc(C(=O)OCC(=O)Nc2c(C(C)C)cccc2C(C)C)c([N+](=O)[O-])cc1OC(F)F. The Kier molecular flexibility index (Phi) is 8.88. The Hall–Kier alpha value is -3.76. The van der Waals surface area contributed by atoms with Crippen molar-refractivity contribution >= 4 is 23.3 Å². The lowest BCUT2D eigenvalue weighted by atomic mass is 9.92. The molecular formula is C23H26F2N2O7. The summed E-state index contributed by atoms with van der Waals surface area (Å²) in [6, 6.07) is 7.15. The summed E-state index contributed by atoms with van der Waals surface area (Å²) in [7, 11) is 1.11. The third-order valence-corrected chi connectivity index (χ3v) is 4.89. The Bertz CT molecular complexity index is 1050. The number of benzene rings is 2. The maximum atomic E-state index is 12.6. The molecule has 34 heavy (non-hydrogen) atoms.